The predicted molar refractivity (Wildman–Crippen MR) is 57.3 cm³/mol. The molecule has 1 saturated heterocycles. The van der Waals surface area contributed by atoms with Crippen LogP contribution >= 0.6 is 0 Å². The molecule has 0 radical (unpaired) electrons. The summed E-state index contributed by atoms with van der Waals surface area (Å²) in [6.07, 6.45) is 0.590. The molecule has 0 aromatic heterocycles. The number of aliphatic hydroxyl groups is 1. The van der Waals surface area contributed by atoms with Gasteiger partial charge in [-0.1, -0.05) is 30.3 Å². The first kappa shape index (κ1) is 10.2. The molecule has 3 nitrogen and oxygen atoms in total. The van der Waals surface area contributed by atoms with E-state index >= 15 is 0 Å². The molecule has 0 bridgehead atoms. The van der Waals surface area contributed by atoms with Crippen molar-refractivity contribution in [2.75, 3.05) is 13.1 Å². The second-order valence-corrected chi connectivity index (χ2v) is 3.88. The lowest BCUT2D eigenvalue weighted by molar-refractivity contribution is -0.143. The fraction of sp³-hybridized carbons (Fsp3) is 0.417. The Bertz CT molecular complexity index is 333. The molecule has 1 aliphatic heterocycles. The summed E-state index contributed by atoms with van der Waals surface area (Å²) in [6.45, 7) is 1.59. The van der Waals surface area contributed by atoms with Gasteiger partial charge in [0.1, 0.15) is 6.10 Å². The molecule has 0 unspecified atom stereocenters. The van der Waals surface area contributed by atoms with Crippen molar-refractivity contribution < 1.29 is 9.90 Å². The summed E-state index contributed by atoms with van der Waals surface area (Å²) in [6, 6.07) is 9.60. The van der Waals surface area contributed by atoms with Crippen LogP contribution in [0.5, 0.6) is 0 Å². The molecule has 1 aromatic rings. The van der Waals surface area contributed by atoms with Gasteiger partial charge in [0.25, 0.3) is 5.91 Å². The third-order valence-electron chi connectivity index (χ3n) is 2.72. The highest BCUT2D eigenvalue weighted by Crippen LogP contribution is 2.11. The Balaban J connectivity index is 1.91. The first-order valence-corrected chi connectivity index (χ1v) is 5.28. The number of carbonyl (C=O) groups is 1. The van der Waals surface area contributed by atoms with Gasteiger partial charge in [0, 0.05) is 19.5 Å². The van der Waals surface area contributed by atoms with E-state index in [-0.39, 0.29) is 5.91 Å². The molecule has 1 fully saturated rings. The van der Waals surface area contributed by atoms with Crippen molar-refractivity contribution in [2.45, 2.75) is 18.9 Å². The molecular weight excluding hydrogens is 190 g/mol. The Hall–Kier alpha value is -1.35. The molecule has 0 aliphatic carbocycles. The van der Waals surface area contributed by atoms with Crippen molar-refractivity contribution >= 4 is 5.91 Å². The summed E-state index contributed by atoms with van der Waals surface area (Å²) in [5.74, 6) is -0.134. The average molecular weight is 205 g/mol. The Kier molecular flexibility index (Phi) is 3.02. The first-order chi connectivity index (χ1) is 7.27. The molecule has 0 saturated carbocycles. The van der Waals surface area contributed by atoms with Gasteiger partial charge in [0.05, 0.1) is 0 Å². The Morgan fingerprint density at radius 1 is 1.33 bits per heavy atom. The number of carbonyl (C=O) groups excluding carboxylic acids is 1. The molecule has 1 amide bonds. The number of amides is 1. The number of aliphatic hydroxyl groups excluding tert-OH is 1. The average Bonchev–Trinajstić information content (AvgIpc) is 2.16. The van der Waals surface area contributed by atoms with E-state index in [1.165, 1.54) is 0 Å². The van der Waals surface area contributed by atoms with Gasteiger partial charge in [-0.25, -0.2) is 0 Å². The topological polar surface area (TPSA) is 40.5 Å². The minimum atomic E-state index is -0.882. The Morgan fingerprint density at radius 3 is 2.53 bits per heavy atom. The smallest absolute Gasteiger partial charge is 0.251 e. The van der Waals surface area contributed by atoms with Crippen LogP contribution in [-0.4, -0.2) is 35.1 Å². The van der Waals surface area contributed by atoms with Crippen LogP contribution in [-0.2, 0) is 11.2 Å². The van der Waals surface area contributed by atoms with E-state index in [9.17, 15) is 9.90 Å². The normalized spacial score (nSPS) is 17.0. The van der Waals surface area contributed by atoms with Gasteiger partial charge in [-0.05, 0) is 12.0 Å². The number of hydrogen-bond acceptors (Lipinski definition) is 2. The second kappa shape index (κ2) is 4.45. The van der Waals surface area contributed by atoms with E-state index in [1.54, 1.807) is 4.90 Å². The lowest BCUT2D eigenvalue weighted by Gasteiger charge is -2.32. The van der Waals surface area contributed by atoms with Crippen molar-refractivity contribution in [1.29, 1.82) is 0 Å². The Morgan fingerprint density at radius 2 is 2.00 bits per heavy atom. The maximum absolute atomic E-state index is 11.6. The quantitative estimate of drug-likeness (QED) is 0.793. The van der Waals surface area contributed by atoms with Gasteiger partial charge in [0.15, 0.2) is 0 Å². The molecule has 1 aliphatic rings. The highest BCUT2D eigenvalue weighted by molar-refractivity contribution is 5.81. The van der Waals surface area contributed by atoms with E-state index in [0.29, 0.717) is 6.42 Å². The van der Waals surface area contributed by atoms with Crippen molar-refractivity contribution in [3.05, 3.63) is 35.9 Å². The van der Waals surface area contributed by atoms with Gasteiger partial charge in [-0.2, -0.15) is 0 Å². The number of rotatable bonds is 3. The summed E-state index contributed by atoms with van der Waals surface area (Å²) in [5.41, 5.74) is 0.999. The van der Waals surface area contributed by atoms with Crippen LogP contribution in [0.1, 0.15) is 12.0 Å². The summed E-state index contributed by atoms with van der Waals surface area (Å²) in [7, 11) is 0. The largest absolute Gasteiger partial charge is 0.383 e. The van der Waals surface area contributed by atoms with Crippen LogP contribution in [0.25, 0.3) is 0 Å². The van der Waals surface area contributed by atoms with Gasteiger partial charge in [-0.15, -0.1) is 0 Å². The van der Waals surface area contributed by atoms with E-state index < -0.39 is 6.10 Å². The third kappa shape index (κ3) is 2.36. The summed E-state index contributed by atoms with van der Waals surface area (Å²) >= 11 is 0. The fourth-order valence-corrected chi connectivity index (χ4v) is 1.67. The highest BCUT2D eigenvalue weighted by Gasteiger charge is 2.26. The van der Waals surface area contributed by atoms with Crippen LogP contribution in [0, 0.1) is 0 Å². The number of nitrogens with zero attached hydrogens (tertiary/aromatic N) is 1. The molecule has 1 heterocycles. The number of benzene rings is 1. The number of hydrogen-bond donors (Lipinski definition) is 1. The van der Waals surface area contributed by atoms with Gasteiger partial charge in [-0.3, -0.25) is 4.79 Å². The lowest BCUT2D eigenvalue weighted by atomic mass is 10.1. The maximum Gasteiger partial charge on any atom is 0.251 e. The summed E-state index contributed by atoms with van der Waals surface area (Å²) in [4.78, 5) is 13.3. The molecular formula is C12H15NO2. The highest BCUT2D eigenvalue weighted by atomic mass is 16.3. The standard InChI is InChI=1S/C12H15NO2/c14-11(12(15)13-7-4-8-13)9-10-5-2-1-3-6-10/h1-3,5-6,11,14H,4,7-9H2/t11-/m0/s1. The molecule has 3 heteroatoms. The van der Waals surface area contributed by atoms with E-state index in [1.807, 2.05) is 30.3 Å². The van der Waals surface area contributed by atoms with Crippen LogP contribution in [0.3, 0.4) is 0 Å². The Labute approximate surface area is 89.3 Å². The van der Waals surface area contributed by atoms with Crippen LogP contribution in [0.4, 0.5) is 0 Å². The summed E-state index contributed by atoms with van der Waals surface area (Å²) in [5, 5.41) is 9.72. The number of likely N-dealkylation sites (tertiary alicyclic amines) is 1. The zero-order chi connectivity index (χ0) is 10.7. The molecule has 2 rings (SSSR count). The molecule has 80 valence electrons. The van der Waals surface area contributed by atoms with Crippen LogP contribution < -0.4 is 0 Å². The third-order valence-corrected chi connectivity index (χ3v) is 2.72. The van der Waals surface area contributed by atoms with Gasteiger partial charge in [0.2, 0.25) is 0 Å². The molecule has 15 heavy (non-hydrogen) atoms. The molecule has 0 spiro atoms. The van der Waals surface area contributed by atoms with Gasteiger partial charge < -0.3 is 10.0 Å². The second-order valence-electron chi connectivity index (χ2n) is 3.88. The minimum Gasteiger partial charge on any atom is -0.383 e. The molecule has 1 N–H and O–H groups in total. The SMILES string of the molecule is O=C([C@@H](O)Cc1ccccc1)N1CCC1. The zero-order valence-electron chi connectivity index (χ0n) is 8.60. The molecule has 1 atom stereocenters. The molecule has 1 aromatic carbocycles. The van der Waals surface area contributed by atoms with Crippen molar-refractivity contribution in [2.24, 2.45) is 0 Å². The van der Waals surface area contributed by atoms with Crippen LogP contribution in [0.15, 0.2) is 30.3 Å². The van der Waals surface area contributed by atoms with E-state index in [4.69, 9.17) is 0 Å². The fourth-order valence-electron chi connectivity index (χ4n) is 1.67. The minimum absolute atomic E-state index is 0.134. The van der Waals surface area contributed by atoms with E-state index in [0.717, 1.165) is 25.1 Å². The first-order valence-electron chi connectivity index (χ1n) is 5.28. The predicted octanol–water partition coefficient (Wildman–Crippen LogP) is 0.822. The van der Waals surface area contributed by atoms with Crippen molar-refractivity contribution in [1.82, 2.24) is 4.90 Å². The van der Waals surface area contributed by atoms with Gasteiger partial charge >= 0.3 is 0 Å². The van der Waals surface area contributed by atoms with Crippen LogP contribution in [0.2, 0.25) is 0 Å². The van der Waals surface area contributed by atoms with Crippen molar-refractivity contribution in [3.8, 4) is 0 Å². The maximum atomic E-state index is 11.6. The van der Waals surface area contributed by atoms with E-state index in [2.05, 4.69) is 0 Å². The van der Waals surface area contributed by atoms with Crippen molar-refractivity contribution in [3.63, 3.8) is 0 Å². The monoisotopic (exact) mass is 205 g/mol. The summed E-state index contributed by atoms with van der Waals surface area (Å²) < 4.78 is 0. The zero-order valence-corrected chi connectivity index (χ0v) is 8.60. The lowest BCUT2D eigenvalue weighted by Crippen LogP contribution is -2.47.